The van der Waals surface area contributed by atoms with Crippen LogP contribution in [0.1, 0.15) is 32.1 Å². The summed E-state index contributed by atoms with van der Waals surface area (Å²) >= 11 is 6.41. The lowest BCUT2D eigenvalue weighted by molar-refractivity contribution is 0.00754. The maximum Gasteiger partial charge on any atom is 0.0659 e. The highest BCUT2D eigenvalue weighted by molar-refractivity contribution is 6.33. The van der Waals surface area contributed by atoms with Gasteiger partial charge in [0.1, 0.15) is 0 Å². The molecule has 5 rings (SSSR count). The van der Waals surface area contributed by atoms with Gasteiger partial charge < -0.3 is 10.2 Å². The number of benzene rings is 1. The molecule has 0 aromatic heterocycles. The summed E-state index contributed by atoms with van der Waals surface area (Å²) in [4.78, 5) is 2.06. The van der Waals surface area contributed by atoms with Crippen molar-refractivity contribution in [2.75, 3.05) is 24.3 Å². The van der Waals surface area contributed by atoms with Crippen LogP contribution in [-0.4, -0.2) is 20.1 Å². The van der Waals surface area contributed by atoms with Gasteiger partial charge in [-0.1, -0.05) is 11.6 Å². The van der Waals surface area contributed by atoms with E-state index in [1.165, 1.54) is 37.8 Å². The number of halogens is 1. The first-order valence-corrected chi connectivity index (χ1v) is 8.71. The van der Waals surface area contributed by atoms with E-state index < -0.39 is 0 Å². The lowest BCUT2D eigenvalue weighted by Gasteiger charge is -2.54. The van der Waals surface area contributed by atoms with Gasteiger partial charge in [0, 0.05) is 25.8 Å². The van der Waals surface area contributed by atoms with E-state index >= 15 is 0 Å². The second-order valence-electron chi connectivity index (χ2n) is 7.66. The molecule has 4 aliphatic carbocycles. The molecule has 4 fully saturated rings. The number of hydrogen-bond donors (Lipinski definition) is 1. The predicted molar refractivity (Wildman–Crippen MR) is 90.2 cm³/mol. The largest absolute Gasteiger partial charge is 0.382 e. The molecule has 1 aromatic carbocycles. The maximum absolute atomic E-state index is 6.41. The summed E-state index contributed by atoms with van der Waals surface area (Å²) in [5.41, 5.74) is 2.29. The lowest BCUT2D eigenvalue weighted by Crippen LogP contribution is -2.51. The Hall–Kier alpha value is -0.890. The fourth-order valence-corrected chi connectivity index (χ4v) is 5.66. The van der Waals surface area contributed by atoms with Gasteiger partial charge >= 0.3 is 0 Å². The Morgan fingerprint density at radius 3 is 2.14 bits per heavy atom. The fourth-order valence-electron chi connectivity index (χ4n) is 5.31. The van der Waals surface area contributed by atoms with Crippen molar-refractivity contribution in [1.29, 1.82) is 0 Å². The van der Waals surface area contributed by atoms with Crippen LogP contribution in [-0.2, 0) is 0 Å². The van der Waals surface area contributed by atoms with E-state index in [4.69, 9.17) is 11.6 Å². The van der Waals surface area contributed by atoms with Crippen molar-refractivity contribution in [2.45, 2.75) is 38.1 Å². The average molecular weight is 305 g/mol. The normalized spacial score (nSPS) is 36.8. The molecular formula is C18H25ClN2. The fraction of sp³-hybridized carbons (Fsp3) is 0.667. The van der Waals surface area contributed by atoms with Crippen LogP contribution in [0, 0.1) is 23.7 Å². The molecule has 0 radical (unpaired) electrons. The Morgan fingerprint density at radius 2 is 1.62 bits per heavy atom. The van der Waals surface area contributed by atoms with E-state index in [1.54, 1.807) is 0 Å². The van der Waals surface area contributed by atoms with E-state index in [2.05, 4.69) is 28.4 Å². The molecule has 0 unspecified atom stereocenters. The van der Waals surface area contributed by atoms with E-state index in [1.807, 2.05) is 14.1 Å². The van der Waals surface area contributed by atoms with Crippen LogP contribution in [0.15, 0.2) is 18.2 Å². The molecule has 3 heteroatoms. The summed E-state index contributed by atoms with van der Waals surface area (Å²) in [6, 6.07) is 7.09. The summed E-state index contributed by atoms with van der Waals surface area (Å²) < 4.78 is 0. The minimum atomic E-state index is 0.680. The molecule has 0 amide bonds. The molecule has 0 aliphatic heterocycles. The first kappa shape index (κ1) is 13.8. The quantitative estimate of drug-likeness (QED) is 0.875. The first-order valence-electron chi connectivity index (χ1n) is 8.33. The molecule has 1 N–H and O–H groups in total. The smallest absolute Gasteiger partial charge is 0.0659 e. The van der Waals surface area contributed by atoms with Gasteiger partial charge in [-0.3, -0.25) is 0 Å². The molecule has 0 saturated heterocycles. The Morgan fingerprint density at radius 1 is 1.00 bits per heavy atom. The van der Waals surface area contributed by atoms with Crippen molar-refractivity contribution < 1.29 is 0 Å². The van der Waals surface area contributed by atoms with E-state index in [0.717, 1.165) is 34.4 Å². The zero-order valence-corrected chi connectivity index (χ0v) is 13.7. The van der Waals surface area contributed by atoms with Crippen molar-refractivity contribution in [3.63, 3.8) is 0 Å². The first-order chi connectivity index (χ1) is 10.1. The van der Waals surface area contributed by atoms with Crippen LogP contribution >= 0.6 is 11.6 Å². The molecule has 4 aliphatic rings. The summed E-state index contributed by atoms with van der Waals surface area (Å²) in [5, 5.41) is 4.67. The van der Waals surface area contributed by atoms with Crippen LogP contribution in [0.2, 0.25) is 5.02 Å². The minimum absolute atomic E-state index is 0.680. The standard InChI is InChI=1S/C18H25ClN2/c1-21(2)17-4-3-15(10-16(17)19)20-18-13-6-11-5-12(8-13)9-14(18)7-11/h3-4,10-14,18,20H,5-9H2,1-2H3. The van der Waals surface area contributed by atoms with Gasteiger partial charge in [0.05, 0.1) is 10.7 Å². The van der Waals surface area contributed by atoms with Crippen LogP contribution in [0.4, 0.5) is 11.4 Å². The molecule has 0 spiro atoms. The second kappa shape index (κ2) is 5.08. The molecule has 1 aromatic rings. The van der Waals surface area contributed by atoms with Gasteiger partial charge in [-0.05, 0) is 74.0 Å². The summed E-state index contributed by atoms with van der Waals surface area (Å²) in [5.74, 6) is 3.86. The zero-order chi connectivity index (χ0) is 14.6. The van der Waals surface area contributed by atoms with Crippen LogP contribution in [0.5, 0.6) is 0 Å². The zero-order valence-electron chi connectivity index (χ0n) is 13.0. The van der Waals surface area contributed by atoms with Crippen molar-refractivity contribution in [3.8, 4) is 0 Å². The monoisotopic (exact) mass is 304 g/mol. The Bertz CT molecular complexity index is 512. The average Bonchev–Trinajstić information content (AvgIpc) is 2.41. The number of anilines is 2. The molecule has 21 heavy (non-hydrogen) atoms. The van der Waals surface area contributed by atoms with Gasteiger partial charge in [0.2, 0.25) is 0 Å². The SMILES string of the molecule is CN(C)c1ccc(NC2C3CC4CC(C3)CC2C4)cc1Cl. The Labute approximate surface area is 132 Å². The van der Waals surface area contributed by atoms with Gasteiger partial charge in [0.15, 0.2) is 0 Å². The van der Waals surface area contributed by atoms with E-state index in [9.17, 15) is 0 Å². The summed E-state index contributed by atoms with van der Waals surface area (Å²) in [6.45, 7) is 0. The predicted octanol–water partition coefficient (Wildman–Crippen LogP) is 4.64. The van der Waals surface area contributed by atoms with Gasteiger partial charge in [-0.2, -0.15) is 0 Å². The molecule has 114 valence electrons. The molecule has 4 saturated carbocycles. The Kier molecular flexibility index (Phi) is 3.33. The lowest BCUT2D eigenvalue weighted by atomic mass is 9.54. The van der Waals surface area contributed by atoms with Crippen LogP contribution in [0.25, 0.3) is 0 Å². The highest BCUT2D eigenvalue weighted by Gasteiger charge is 2.48. The van der Waals surface area contributed by atoms with Gasteiger partial charge in [-0.15, -0.1) is 0 Å². The van der Waals surface area contributed by atoms with Crippen molar-refractivity contribution in [1.82, 2.24) is 0 Å². The molecule has 0 heterocycles. The molecule has 4 bridgehead atoms. The van der Waals surface area contributed by atoms with Gasteiger partial charge in [0.25, 0.3) is 0 Å². The summed E-state index contributed by atoms with van der Waals surface area (Å²) in [6.07, 6.45) is 7.33. The number of nitrogens with zero attached hydrogens (tertiary/aromatic N) is 1. The third-order valence-corrected chi connectivity index (χ3v) is 6.29. The number of nitrogens with one attached hydrogen (secondary N) is 1. The molecule has 0 atom stereocenters. The highest BCUT2D eigenvalue weighted by atomic mass is 35.5. The van der Waals surface area contributed by atoms with Gasteiger partial charge in [-0.25, -0.2) is 0 Å². The van der Waals surface area contributed by atoms with Crippen molar-refractivity contribution in [2.24, 2.45) is 23.7 Å². The second-order valence-corrected chi connectivity index (χ2v) is 8.07. The van der Waals surface area contributed by atoms with E-state index in [0.29, 0.717) is 6.04 Å². The van der Waals surface area contributed by atoms with E-state index in [-0.39, 0.29) is 0 Å². The topological polar surface area (TPSA) is 15.3 Å². The minimum Gasteiger partial charge on any atom is -0.382 e. The Balaban J connectivity index is 1.52. The molecule has 2 nitrogen and oxygen atoms in total. The summed E-state index contributed by atoms with van der Waals surface area (Å²) in [7, 11) is 4.07. The van der Waals surface area contributed by atoms with Crippen LogP contribution < -0.4 is 10.2 Å². The molecular weight excluding hydrogens is 280 g/mol. The highest BCUT2D eigenvalue weighted by Crippen LogP contribution is 2.54. The number of hydrogen-bond acceptors (Lipinski definition) is 2. The number of rotatable bonds is 3. The van der Waals surface area contributed by atoms with Crippen LogP contribution in [0.3, 0.4) is 0 Å². The van der Waals surface area contributed by atoms with Crippen molar-refractivity contribution in [3.05, 3.63) is 23.2 Å². The third-order valence-electron chi connectivity index (χ3n) is 5.99. The third kappa shape index (κ3) is 2.42. The maximum atomic E-state index is 6.41. The van der Waals surface area contributed by atoms with Crippen molar-refractivity contribution >= 4 is 23.0 Å².